The lowest BCUT2D eigenvalue weighted by molar-refractivity contribution is -0.132. The van der Waals surface area contributed by atoms with Crippen LogP contribution in [-0.2, 0) is 4.79 Å². The molecule has 2 atom stereocenters. The number of carbonyl (C=O) groups excluding carboxylic acids is 1. The first kappa shape index (κ1) is 16.2. The maximum Gasteiger partial charge on any atom is 0.140 e. The predicted octanol–water partition coefficient (Wildman–Crippen LogP) is 4.67. The summed E-state index contributed by atoms with van der Waals surface area (Å²) in [5, 5.41) is 0. The molecule has 19 heavy (non-hydrogen) atoms. The Bertz CT molecular complexity index is 405. The molecule has 1 saturated carbocycles. The summed E-state index contributed by atoms with van der Waals surface area (Å²) in [5.41, 5.74) is -0.253. The molecule has 0 aromatic rings. The van der Waals surface area contributed by atoms with E-state index in [4.69, 9.17) is 0 Å². The van der Waals surface area contributed by atoms with E-state index in [9.17, 15) is 4.79 Å². The molecule has 0 unspecified atom stereocenters. The van der Waals surface area contributed by atoms with Crippen molar-refractivity contribution in [2.75, 3.05) is 0 Å². The minimum absolute atomic E-state index is 0.253. The summed E-state index contributed by atoms with van der Waals surface area (Å²) in [6.45, 7) is 11.1. The summed E-state index contributed by atoms with van der Waals surface area (Å²) in [6.07, 6.45) is 8.26. The number of rotatable bonds is 4. The summed E-state index contributed by atoms with van der Waals surface area (Å²) in [4.78, 5) is 12.3. The number of hydrogen-bond acceptors (Lipinski definition) is 1. The van der Waals surface area contributed by atoms with Crippen molar-refractivity contribution in [2.45, 2.75) is 65.2 Å². The van der Waals surface area contributed by atoms with Crippen molar-refractivity contribution in [2.24, 2.45) is 11.3 Å². The number of hydrogen-bond donors (Lipinski definition) is 0. The zero-order valence-corrected chi connectivity index (χ0v) is 14.2. The molecule has 0 aromatic heterocycles. The van der Waals surface area contributed by atoms with Gasteiger partial charge in [-0.3, -0.25) is 4.79 Å². The maximum absolute atomic E-state index is 12.3. The first-order valence-corrected chi connectivity index (χ1v) is 11.1. The van der Waals surface area contributed by atoms with E-state index in [1.54, 1.807) is 0 Å². The SMILES string of the molecule is CC#CC[C@@]1(C)C(=O)CCC[C@@H]1/C=C/C[Si](C)(C)C. The van der Waals surface area contributed by atoms with Gasteiger partial charge in [0.2, 0.25) is 0 Å². The van der Waals surface area contributed by atoms with E-state index in [1.807, 2.05) is 6.92 Å². The smallest absolute Gasteiger partial charge is 0.140 e. The van der Waals surface area contributed by atoms with Crippen LogP contribution in [0.3, 0.4) is 0 Å². The van der Waals surface area contributed by atoms with Gasteiger partial charge in [-0.15, -0.1) is 11.8 Å². The molecular formula is C17H28OSi. The Morgan fingerprint density at radius 1 is 1.42 bits per heavy atom. The molecule has 1 aliphatic rings. The van der Waals surface area contributed by atoms with Gasteiger partial charge in [0.15, 0.2) is 0 Å². The monoisotopic (exact) mass is 276 g/mol. The average molecular weight is 276 g/mol. The van der Waals surface area contributed by atoms with Crippen molar-refractivity contribution in [1.82, 2.24) is 0 Å². The van der Waals surface area contributed by atoms with Crippen molar-refractivity contribution in [3.63, 3.8) is 0 Å². The lowest BCUT2D eigenvalue weighted by atomic mass is 9.65. The van der Waals surface area contributed by atoms with Gasteiger partial charge >= 0.3 is 0 Å². The fourth-order valence-electron chi connectivity index (χ4n) is 2.69. The molecule has 0 saturated heterocycles. The van der Waals surface area contributed by atoms with Crippen LogP contribution in [-0.4, -0.2) is 13.9 Å². The Hall–Kier alpha value is -0.813. The van der Waals surface area contributed by atoms with E-state index in [2.05, 4.69) is 50.6 Å². The number of Topliss-reactive ketones (excluding diaryl/α,β-unsaturated/α-hetero) is 1. The minimum atomic E-state index is -1.03. The molecular weight excluding hydrogens is 248 g/mol. The van der Waals surface area contributed by atoms with Crippen LogP contribution in [0.2, 0.25) is 25.7 Å². The number of carbonyl (C=O) groups is 1. The summed E-state index contributed by atoms with van der Waals surface area (Å²) in [6, 6.07) is 1.20. The zero-order valence-electron chi connectivity index (χ0n) is 13.2. The second-order valence-electron chi connectivity index (χ2n) is 7.14. The second-order valence-corrected chi connectivity index (χ2v) is 12.7. The zero-order chi connectivity index (χ0) is 14.5. The van der Waals surface area contributed by atoms with Crippen molar-refractivity contribution in [1.29, 1.82) is 0 Å². The Balaban J connectivity index is 2.82. The summed E-state index contributed by atoms with van der Waals surface area (Å²) in [5.74, 6) is 6.86. The summed E-state index contributed by atoms with van der Waals surface area (Å²) < 4.78 is 0. The number of allylic oxidation sites excluding steroid dienone is 2. The molecule has 0 aliphatic heterocycles. The van der Waals surface area contributed by atoms with Crippen LogP contribution in [0.1, 0.15) is 39.5 Å². The van der Waals surface area contributed by atoms with Crippen LogP contribution in [0.4, 0.5) is 0 Å². The van der Waals surface area contributed by atoms with E-state index in [0.29, 0.717) is 18.1 Å². The standard InChI is InChI=1S/C17H28OSi/c1-6-7-13-17(2)15(10-8-12-16(17)18)11-9-14-19(3,4)5/h9,11,15H,8,10,12-14H2,1-5H3/b11-9+/t15-,17-/m1/s1. The van der Waals surface area contributed by atoms with Gasteiger partial charge in [-0.05, 0) is 31.7 Å². The topological polar surface area (TPSA) is 17.1 Å². The van der Waals surface area contributed by atoms with Crippen LogP contribution in [0.15, 0.2) is 12.2 Å². The van der Waals surface area contributed by atoms with E-state index in [-0.39, 0.29) is 5.41 Å². The quantitative estimate of drug-likeness (QED) is 0.414. The van der Waals surface area contributed by atoms with Gasteiger partial charge in [0.25, 0.3) is 0 Å². The van der Waals surface area contributed by atoms with E-state index in [1.165, 1.54) is 6.04 Å². The molecule has 1 aliphatic carbocycles. The Morgan fingerprint density at radius 3 is 2.68 bits per heavy atom. The molecule has 0 heterocycles. The lowest BCUT2D eigenvalue weighted by Gasteiger charge is -2.37. The normalized spacial score (nSPS) is 28.3. The van der Waals surface area contributed by atoms with Crippen molar-refractivity contribution in [3.8, 4) is 11.8 Å². The van der Waals surface area contributed by atoms with Gasteiger partial charge < -0.3 is 0 Å². The van der Waals surface area contributed by atoms with Gasteiger partial charge in [0.1, 0.15) is 5.78 Å². The summed E-state index contributed by atoms with van der Waals surface area (Å²) in [7, 11) is -1.03. The Labute approximate surface area is 119 Å². The molecule has 2 heteroatoms. The van der Waals surface area contributed by atoms with Gasteiger partial charge in [-0.2, -0.15) is 0 Å². The van der Waals surface area contributed by atoms with Gasteiger partial charge in [0, 0.05) is 26.3 Å². The van der Waals surface area contributed by atoms with Crippen molar-refractivity contribution >= 4 is 13.9 Å². The fraction of sp³-hybridized carbons (Fsp3) is 0.706. The van der Waals surface area contributed by atoms with E-state index in [0.717, 1.165) is 19.3 Å². The largest absolute Gasteiger partial charge is 0.299 e. The van der Waals surface area contributed by atoms with Gasteiger partial charge in [0.05, 0.1) is 0 Å². The van der Waals surface area contributed by atoms with Crippen LogP contribution >= 0.6 is 0 Å². The third kappa shape index (κ3) is 4.65. The molecule has 0 bridgehead atoms. The molecule has 0 radical (unpaired) electrons. The fourth-order valence-corrected chi connectivity index (χ4v) is 3.53. The van der Waals surface area contributed by atoms with Crippen molar-refractivity contribution < 1.29 is 4.79 Å². The molecule has 1 nitrogen and oxygen atoms in total. The molecule has 106 valence electrons. The Morgan fingerprint density at radius 2 is 2.11 bits per heavy atom. The van der Waals surface area contributed by atoms with Crippen LogP contribution in [0, 0.1) is 23.2 Å². The van der Waals surface area contributed by atoms with E-state index >= 15 is 0 Å². The first-order valence-electron chi connectivity index (χ1n) is 7.39. The third-order valence-corrected chi connectivity index (χ3v) is 5.57. The van der Waals surface area contributed by atoms with Gasteiger partial charge in [-0.1, -0.05) is 38.7 Å². The first-order chi connectivity index (χ1) is 8.79. The minimum Gasteiger partial charge on any atom is -0.299 e. The van der Waals surface area contributed by atoms with Gasteiger partial charge in [-0.25, -0.2) is 0 Å². The molecule has 0 amide bonds. The molecule has 1 fully saturated rings. The third-order valence-electron chi connectivity index (χ3n) is 4.11. The number of ketones is 1. The van der Waals surface area contributed by atoms with Crippen LogP contribution in [0.25, 0.3) is 0 Å². The molecule has 1 rings (SSSR count). The van der Waals surface area contributed by atoms with Crippen LogP contribution in [0.5, 0.6) is 0 Å². The van der Waals surface area contributed by atoms with Crippen LogP contribution < -0.4 is 0 Å². The average Bonchev–Trinajstić information content (AvgIpc) is 2.31. The highest BCUT2D eigenvalue weighted by molar-refractivity contribution is 6.76. The lowest BCUT2D eigenvalue weighted by Crippen LogP contribution is -2.38. The maximum atomic E-state index is 12.3. The highest BCUT2D eigenvalue weighted by Crippen LogP contribution is 2.42. The molecule has 0 N–H and O–H groups in total. The highest BCUT2D eigenvalue weighted by atomic mass is 28.3. The molecule has 0 spiro atoms. The molecule has 0 aromatic carbocycles. The second kappa shape index (κ2) is 6.57. The predicted molar refractivity (Wildman–Crippen MR) is 85.8 cm³/mol. The van der Waals surface area contributed by atoms with Crippen molar-refractivity contribution in [3.05, 3.63) is 12.2 Å². The highest BCUT2D eigenvalue weighted by Gasteiger charge is 2.41. The van der Waals surface area contributed by atoms with E-state index < -0.39 is 8.07 Å². The Kier molecular flexibility index (Phi) is 5.61. The summed E-state index contributed by atoms with van der Waals surface area (Å²) >= 11 is 0.